The van der Waals surface area contributed by atoms with Crippen LogP contribution in [0.1, 0.15) is 51.9 Å². The van der Waals surface area contributed by atoms with Crippen LogP contribution in [0.25, 0.3) is 0 Å². The highest BCUT2D eigenvalue weighted by Crippen LogP contribution is 2.23. The SMILES string of the molecule is COC(C)CCC(=O)N(CCN)C1CCCCC1. The molecule has 0 heterocycles. The summed E-state index contributed by atoms with van der Waals surface area (Å²) in [6.07, 6.45) is 7.61. The zero-order valence-electron chi connectivity index (χ0n) is 11.9. The third-order valence-corrected chi connectivity index (χ3v) is 3.87. The summed E-state index contributed by atoms with van der Waals surface area (Å²) in [7, 11) is 1.69. The van der Waals surface area contributed by atoms with Gasteiger partial charge >= 0.3 is 0 Å². The van der Waals surface area contributed by atoms with Gasteiger partial charge in [-0.1, -0.05) is 19.3 Å². The Bertz CT molecular complexity index is 240. The standard InChI is InChI=1S/C14H28N2O2/c1-12(18-2)8-9-14(17)16(11-10-15)13-6-4-3-5-7-13/h12-13H,3-11,15H2,1-2H3. The monoisotopic (exact) mass is 256 g/mol. The van der Waals surface area contributed by atoms with E-state index in [4.69, 9.17) is 10.5 Å². The highest BCUT2D eigenvalue weighted by atomic mass is 16.5. The van der Waals surface area contributed by atoms with Crippen LogP contribution in [0.2, 0.25) is 0 Å². The smallest absolute Gasteiger partial charge is 0.222 e. The predicted octanol–water partition coefficient (Wildman–Crippen LogP) is 1.92. The van der Waals surface area contributed by atoms with Crippen LogP contribution >= 0.6 is 0 Å². The molecule has 1 rings (SSSR count). The number of amides is 1. The molecule has 1 atom stereocenters. The molecule has 0 radical (unpaired) electrons. The predicted molar refractivity (Wildman–Crippen MR) is 73.3 cm³/mol. The van der Waals surface area contributed by atoms with Crippen molar-refractivity contribution in [3.63, 3.8) is 0 Å². The lowest BCUT2D eigenvalue weighted by molar-refractivity contribution is -0.134. The number of hydrogen-bond acceptors (Lipinski definition) is 3. The molecule has 2 N–H and O–H groups in total. The summed E-state index contributed by atoms with van der Waals surface area (Å²) in [6, 6.07) is 0.424. The number of carbonyl (C=O) groups excluding carboxylic acids is 1. The summed E-state index contributed by atoms with van der Waals surface area (Å²) >= 11 is 0. The summed E-state index contributed by atoms with van der Waals surface area (Å²) in [5.74, 6) is 0.247. The summed E-state index contributed by atoms with van der Waals surface area (Å²) in [5, 5.41) is 0. The van der Waals surface area contributed by atoms with E-state index in [0.717, 1.165) is 19.3 Å². The van der Waals surface area contributed by atoms with Gasteiger partial charge in [0.05, 0.1) is 6.10 Å². The minimum atomic E-state index is 0.153. The van der Waals surface area contributed by atoms with Crippen LogP contribution in [0.5, 0.6) is 0 Å². The van der Waals surface area contributed by atoms with Crippen molar-refractivity contribution in [3.05, 3.63) is 0 Å². The quantitative estimate of drug-likeness (QED) is 0.757. The molecule has 1 fully saturated rings. The Hall–Kier alpha value is -0.610. The number of nitrogens with zero attached hydrogens (tertiary/aromatic N) is 1. The average molecular weight is 256 g/mol. The lowest BCUT2D eigenvalue weighted by atomic mass is 9.94. The van der Waals surface area contributed by atoms with Gasteiger partial charge in [-0.15, -0.1) is 0 Å². The van der Waals surface area contributed by atoms with Gasteiger partial charge in [0.2, 0.25) is 5.91 Å². The molecule has 1 unspecified atom stereocenters. The van der Waals surface area contributed by atoms with Crippen molar-refractivity contribution in [1.82, 2.24) is 4.90 Å². The summed E-state index contributed by atoms with van der Waals surface area (Å²) in [6.45, 7) is 3.26. The van der Waals surface area contributed by atoms with E-state index in [-0.39, 0.29) is 12.0 Å². The lowest BCUT2D eigenvalue weighted by Crippen LogP contribution is -2.44. The van der Waals surface area contributed by atoms with E-state index in [1.165, 1.54) is 19.3 Å². The number of nitrogens with two attached hydrogens (primary N) is 1. The summed E-state index contributed by atoms with van der Waals surface area (Å²) in [5.41, 5.74) is 5.64. The molecule has 1 saturated carbocycles. The molecule has 0 aromatic rings. The highest BCUT2D eigenvalue weighted by Gasteiger charge is 2.24. The van der Waals surface area contributed by atoms with E-state index >= 15 is 0 Å². The van der Waals surface area contributed by atoms with Crippen molar-refractivity contribution in [3.8, 4) is 0 Å². The molecule has 0 spiro atoms. The number of carbonyl (C=O) groups is 1. The van der Waals surface area contributed by atoms with Crippen LogP contribution in [0.15, 0.2) is 0 Å². The second kappa shape index (κ2) is 8.48. The van der Waals surface area contributed by atoms with Gasteiger partial charge in [-0.3, -0.25) is 4.79 Å². The molecule has 0 aromatic heterocycles. The number of hydrogen-bond donors (Lipinski definition) is 1. The maximum absolute atomic E-state index is 12.3. The molecule has 1 aliphatic carbocycles. The summed E-state index contributed by atoms with van der Waals surface area (Å²) < 4.78 is 5.19. The minimum Gasteiger partial charge on any atom is -0.382 e. The van der Waals surface area contributed by atoms with Crippen LogP contribution < -0.4 is 5.73 Å². The van der Waals surface area contributed by atoms with Crippen molar-refractivity contribution in [2.75, 3.05) is 20.2 Å². The van der Waals surface area contributed by atoms with Crippen molar-refractivity contribution >= 4 is 5.91 Å². The van der Waals surface area contributed by atoms with Crippen LogP contribution in [0.3, 0.4) is 0 Å². The molecule has 0 saturated heterocycles. The number of methoxy groups -OCH3 is 1. The van der Waals surface area contributed by atoms with Crippen LogP contribution in [0, 0.1) is 0 Å². The third kappa shape index (κ3) is 4.94. The van der Waals surface area contributed by atoms with E-state index in [0.29, 0.717) is 25.6 Å². The van der Waals surface area contributed by atoms with E-state index in [1.54, 1.807) is 7.11 Å². The van der Waals surface area contributed by atoms with Gasteiger partial charge in [-0.25, -0.2) is 0 Å². The van der Waals surface area contributed by atoms with Gasteiger partial charge in [-0.2, -0.15) is 0 Å². The molecule has 0 aliphatic heterocycles. The highest BCUT2D eigenvalue weighted by molar-refractivity contribution is 5.76. The van der Waals surface area contributed by atoms with E-state index in [1.807, 2.05) is 11.8 Å². The van der Waals surface area contributed by atoms with Gasteiger partial charge in [0.1, 0.15) is 0 Å². The fraction of sp³-hybridized carbons (Fsp3) is 0.929. The Labute approximate surface area is 111 Å². The van der Waals surface area contributed by atoms with E-state index < -0.39 is 0 Å². The molecule has 1 amide bonds. The van der Waals surface area contributed by atoms with Gasteiger partial charge in [-0.05, 0) is 26.2 Å². The maximum Gasteiger partial charge on any atom is 0.222 e. The third-order valence-electron chi connectivity index (χ3n) is 3.87. The Balaban J connectivity index is 2.46. The van der Waals surface area contributed by atoms with E-state index in [9.17, 15) is 4.79 Å². The van der Waals surface area contributed by atoms with Gasteiger partial charge < -0.3 is 15.4 Å². The van der Waals surface area contributed by atoms with E-state index in [2.05, 4.69) is 0 Å². The average Bonchev–Trinajstić information content (AvgIpc) is 2.42. The van der Waals surface area contributed by atoms with Crippen molar-refractivity contribution in [1.29, 1.82) is 0 Å². The molecule has 0 bridgehead atoms. The van der Waals surface area contributed by atoms with Crippen LogP contribution in [0.4, 0.5) is 0 Å². The zero-order chi connectivity index (χ0) is 13.4. The molecule has 18 heavy (non-hydrogen) atoms. The first kappa shape index (κ1) is 15.4. The Morgan fingerprint density at radius 3 is 2.61 bits per heavy atom. The largest absolute Gasteiger partial charge is 0.382 e. The molecule has 4 heteroatoms. The second-order valence-corrected chi connectivity index (χ2v) is 5.25. The van der Waals surface area contributed by atoms with Crippen molar-refractivity contribution in [2.24, 2.45) is 5.73 Å². The van der Waals surface area contributed by atoms with Crippen LogP contribution in [-0.4, -0.2) is 43.2 Å². The molecular weight excluding hydrogens is 228 g/mol. The Kier molecular flexibility index (Phi) is 7.28. The normalized spacial score (nSPS) is 18.6. The fourth-order valence-corrected chi connectivity index (χ4v) is 2.63. The molecular formula is C14H28N2O2. The number of rotatable bonds is 7. The molecule has 1 aliphatic rings. The topological polar surface area (TPSA) is 55.6 Å². The second-order valence-electron chi connectivity index (χ2n) is 5.25. The minimum absolute atomic E-state index is 0.153. The zero-order valence-corrected chi connectivity index (χ0v) is 11.9. The maximum atomic E-state index is 12.3. The van der Waals surface area contributed by atoms with Crippen LogP contribution in [-0.2, 0) is 9.53 Å². The molecule has 106 valence electrons. The van der Waals surface area contributed by atoms with Crippen molar-refractivity contribution in [2.45, 2.75) is 64.0 Å². The summed E-state index contributed by atoms with van der Waals surface area (Å²) in [4.78, 5) is 14.3. The Morgan fingerprint density at radius 2 is 2.06 bits per heavy atom. The van der Waals surface area contributed by atoms with Crippen molar-refractivity contribution < 1.29 is 9.53 Å². The fourth-order valence-electron chi connectivity index (χ4n) is 2.63. The lowest BCUT2D eigenvalue weighted by Gasteiger charge is -2.34. The van der Waals surface area contributed by atoms with Gasteiger partial charge in [0.25, 0.3) is 0 Å². The number of ether oxygens (including phenoxy) is 1. The van der Waals surface area contributed by atoms with Gasteiger partial charge in [0.15, 0.2) is 0 Å². The molecule has 0 aromatic carbocycles. The first-order valence-electron chi connectivity index (χ1n) is 7.21. The molecule has 4 nitrogen and oxygen atoms in total. The van der Waals surface area contributed by atoms with Gasteiger partial charge in [0, 0.05) is 32.7 Å². The first-order chi connectivity index (χ1) is 8.69. The Morgan fingerprint density at radius 1 is 1.39 bits per heavy atom. The first-order valence-corrected chi connectivity index (χ1v) is 7.21.